The molecule has 3 aromatic rings. The topological polar surface area (TPSA) is 58.6 Å². The summed E-state index contributed by atoms with van der Waals surface area (Å²) in [5.41, 5.74) is 2.51. The Bertz CT molecular complexity index is 1180. The van der Waals surface area contributed by atoms with Gasteiger partial charge in [0, 0.05) is 37.0 Å². The molecular formula is C28H36N4O2S. The van der Waals surface area contributed by atoms with Gasteiger partial charge >= 0.3 is 0 Å². The summed E-state index contributed by atoms with van der Waals surface area (Å²) in [6, 6.07) is 7.78. The Morgan fingerprint density at radius 1 is 1.06 bits per heavy atom. The van der Waals surface area contributed by atoms with Crippen LogP contribution in [0.3, 0.4) is 0 Å². The van der Waals surface area contributed by atoms with E-state index in [9.17, 15) is 4.79 Å². The van der Waals surface area contributed by atoms with Crippen LogP contribution in [0.25, 0.3) is 10.2 Å². The number of carbonyl (C=O) groups is 1. The third-order valence-corrected chi connectivity index (χ3v) is 8.75. The van der Waals surface area contributed by atoms with E-state index in [1.807, 2.05) is 40.5 Å². The van der Waals surface area contributed by atoms with Crippen molar-refractivity contribution in [3.05, 3.63) is 46.1 Å². The van der Waals surface area contributed by atoms with Crippen LogP contribution in [0.5, 0.6) is 5.75 Å². The van der Waals surface area contributed by atoms with E-state index in [4.69, 9.17) is 14.7 Å². The van der Waals surface area contributed by atoms with E-state index in [0.717, 1.165) is 66.8 Å². The molecule has 1 amide bonds. The highest BCUT2D eigenvalue weighted by molar-refractivity contribution is 7.19. The van der Waals surface area contributed by atoms with E-state index >= 15 is 0 Å². The molecule has 0 N–H and O–H groups in total. The number of anilines is 1. The summed E-state index contributed by atoms with van der Waals surface area (Å²) in [5, 5.41) is 1.29. The van der Waals surface area contributed by atoms with Crippen LogP contribution < -0.4 is 9.64 Å². The predicted octanol–water partition coefficient (Wildman–Crippen LogP) is 5.37. The first-order chi connectivity index (χ1) is 17.1. The van der Waals surface area contributed by atoms with E-state index in [2.05, 4.69) is 18.7 Å². The average Bonchev–Trinajstić information content (AvgIpc) is 3.08. The van der Waals surface area contributed by atoms with E-state index in [-0.39, 0.29) is 5.91 Å². The van der Waals surface area contributed by atoms with E-state index in [1.165, 1.54) is 41.5 Å². The number of piperazine rings is 1. The number of benzene rings is 1. The molecule has 6 nitrogen and oxygen atoms in total. The molecule has 1 fully saturated rings. The smallest absolute Gasteiger partial charge is 0.227 e. The van der Waals surface area contributed by atoms with E-state index in [1.54, 1.807) is 7.11 Å². The molecule has 186 valence electrons. The highest BCUT2D eigenvalue weighted by Crippen LogP contribution is 2.40. The van der Waals surface area contributed by atoms with Crippen LogP contribution in [-0.2, 0) is 24.1 Å². The molecule has 1 aliphatic carbocycles. The third kappa shape index (κ3) is 5.01. The van der Waals surface area contributed by atoms with Crippen LogP contribution in [0.4, 0.5) is 5.82 Å². The van der Waals surface area contributed by atoms with E-state index in [0.29, 0.717) is 12.3 Å². The van der Waals surface area contributed by atoms with Gasteiger partial charge in [0.15, 0.2) is 0 Å². The summed E-state index contributed by atoms with van der Waals surface area (Å²) >= 11 is 1.89. The number of hydrogen-bond acceptors (Lipinski definition) is 6. The summed E-state index contributed by atoms with van der Waals surface area (Å²) in [7, 11) is 1.66. The number of aryl methyl sites for hydroxylation is 2. The fraction of sp³-hybridized carbons (Fsp3) is 0.536. The van der Waals surface area contributed by atoms with Crippen molar-refractivity contribution in [1.82, 2.24) is 14.9 Å². The zero-order valence-corrected chi connectivity index (χ0v) is 22.0. The van der Waals surface area contributed by atoms with Crippen molar-refractivity contribution in [2.75, 3.05) is 38.2 Å². The van der Waals surface area contributed by atoms with Gasteiger partial charge in [-0.2, -0.15) is 0 Å². The number of fused-ring (bicyclic) bond motifs is 3. The van der Waals surface area contributed by atoms with Crippen LogP contribution in [0.15, 0.2) is 24.3 Å². The van der Waals surface area contributed by atoms with Crippen LogP contribution in [0.2, 0.25) is 0 Å². The Morgan fingerprint density at radius 3 is 2.51 bits per heavy atom. The quantitative estimate of drug-likeness (QED) is 0.433. The molecule has 3 heterocycles. The second-order valence-corrected chi connectivity index (χ2v) is 10.9. The third-order valence-electron chi connectivity index (χ3n) is 7.56. The highest BCUT2D eigenvalue weighted by Gasteiger charge is 2.27. The standard InChI is InChI=1S/C28H36N4O2S/c1-4-19(2)26-29-27(25-22-8-6-5-7-9-23(22)35-28(25)30-26)32-16-14-31(15-17-32)24(33)18-20-10-12-21(34-3)13-11-20/h10-13,19H,4-9,14-18H2,1-3H3. The molecule has 1 aliphatic heterocycles. The SMILES string of the molecule is CCC(C)c1nc(N2CCN(C(=O)Cc3ccc(OC)cc3)CC2)c2c3c(sc2n1)CCCCC3. The lowest BCUT2D eigenvalue weighted by molar-refractivity contribution is -0.130. The summed E-state index contributed by atoms with van der Waals surface area (Å²) in [4.78, 5) is 30.3. The van der Waals surface area contributed by atoms with Gasteiger partial charge in [0.1, 0.15) is 22.2 Å². The van der Waals surface area contributed by atoms with Gasteiger partial charge in [0.2, 0.25) is 5.91 Å². The number of thiophene rings is 1. The zero-order chi connectivity index (χ0) is 24.4. The summed E-state index contributed by atoms with van der Waals surface area (Å²) in [6.07, 6.45) is 7.59. The molecule has 1 atom stereocenters. The minimum Gasteiger partial charge on any atom is -0.497 e. The Hall–Kier alpha value is -2.67. The second kappa shape index (κ2) is 10.5. The molecule has 0 spiro atoms. The van der Waals surface area contributed by atoms with Gasteiger partial charge in [-0.3, -0.25) is 4.79 Å². The van der Waals surface area contributed by atoms with Crippen molar-refractivity contribution in [2.24, 2.45) is 0 Å². The minimum absolute atomic E-state index is 0.187. The number of nitrogens with zero attached hydrogens (tertiary/aromatic N) is 4. The second-order valence-electron chi connectivity index (χ2n) is 9.85. The fourth-order valence-electron chi connectivity index (χ4n) is 5.16. The van der Waals surface area contributed by atoms with Crippen LogP contribution in [0.1, 0.15) is 67.3 Å². The van der Waals surface area contributed by atoms with Gasteiger partial charge in [0.05, 0.1) is 18.9 Å². The lowest BCUT2D eigenvalue weighted by atomic mass is 10.1. The van der Waals surface area contributed by atoms with Crippen molar-refractivity contribution < 1.29 is 9.53 Å². The number of hydrogen-bond donors (Lipinski definition) is 0. The van der Waals surface area contributed by atoms with Gasteiger partial charge in [-0.15, -0.1) is 11.3 Å². The van der Waals surface area contributed by atoms with Gasteiger partial charge in [-0.1, -0.05) is 32.4 Å². The fourth-order valence-corrected chi connectivity index (χ4v) is 6.42. The summed E-state index contributed by atoms with van der Waals surface area (Å²) < 4.78 is 5.23. The van der Waals surface area contributed by atoms with Gasteiger partial charge < -0.3 is 14.5 Å². The first kappa shape index (κ1) is 24.0. The lowest BCUT2D eigenvalue weighted by Gasteiger charge is -2.36. The molecule has 5 rings (SSSR count). The molecule has 1 unspecified atom stereocenters. The largest absolute Gasteiger partial charge is 0.497 e. The maximum Gasteiger partial charge on any atom is 0.227 e. The van der Waals surface area contributed by atoms with Crippen LogP contribution in [-0.4, -0.2) is 54.1 Å². The normalized spacial score (nSPS) is 17.2. The number of rotatable bonds is 6. The Balaban J connectivity index is 1.36. The molecule has 2 aliphatic rings. The monoisotopic (exact) mass is 492 g/mol. The van der Waals surface area contributed by atoms with Crippen molar-refractivity contribution in [1.29, 1.82) is 0 Å². The average molecular weight is 493 g/mol. The first-order valence-electron chi connectivity index (χ1n) is 13.0. The Labute approximate surface area is 212 Å². The maximum atomic E-state index is 13.0. The Morgan fingerprint density at radius 2 is 1.80 bits per heavy atom. The molecule has 0 bridgehead atoms. The molecule has 35 heavy (non-hydrogen) atoms. The first-order valence-corrected chi connectivity index (χ1v) is 13.9. The molecular weight excluding hydrogens is 456 g/mol. The molecule has 2 aromatic heterocycles. The van der Waals surface area contributed by atoms with Crippen LogP contribution in [0, 0.1) is 0 Å². The van der Waals surface area contributed by atoms with Crippen molar-refractivity contribution >= 4 is 33.3 Å². The number of carbonyl (C=O) groups excluding carboxylic acids is 1. The molecule has 0 radical (unpaired) electrons. The number of amides is 1. The van der Waals surface area contributed by atoms with Gasteiger partial charge in [-0.05, 0) is 55.4 Å². The summed E-state index contributed by atoms with van der Waals surface area (Å²) in [5.74, 6) is 3.41. The molecule has 1 aromatic carbocycles. The Kier molecular flexibility index (Phi) is 7.23. The van der Waals surface area contributed by atoms with E-state index < -0.39 is 0 Å². The van der Waals surface area contributed by atoms with Crippen molar-refractivity contribution in [3.8, 4) is 5.75 Å². The van der Waals surface area contributed by atoms with Crippen molar-refractivity contribution in [2.45, 2.75) is 64.7 Å². The molecule has 1 saturated heterocycles. The number of aromatic nitrogens is 2. The number of methoxy groups -OCH3 is 1. The zero-order valence-electron chi connectivity index (χ0n) is 21.2. The maximum absolute atomic E-state index is 13.0. The number of ether oxygens (including phenoxy) is 1. The minimum atomic E-state index is 0.187. The van der Waals surface area contributed by atoms with Gasteiger partial charge in [0.25, 0.3) is 0 Å². The van der Waals surface area contributed by atoms with Gasteiger partial charge in [-0.25, -0.2) is 9.97 Å². The molecule has 7 heteroatoms. The van der Waals surface area contributed by atoms with Crippen LogP contribution >= 0.6 is 11.3 Å². The lowest BCUT2D eigenvalue weighted by Crippen LogP contribution is -2.49. The predicted molar refractivity (Wildman–Crippen MR) is 143 cm³/mol. The molecule has 0 saturated carbocycles. The highest BCUT2D eigenvalue weighted by atomic mass is 32.1. The van der Waals surface area contributed by atoms with Crippen molar-refractivity contribution in [3.63, 3.8) is 0 Å². The summed E-state index contributed by atoms with van der Waals surface area (Å²) in [6.45, 7) is 7.50.